The third-order valence-corrected chi connectivity index (χ3v) is 5.05. The van der Waals surface area contributed by atoms with Gasteiger partial charge in [-0.1, -0.05) is 58.4 Å². The molecule has 22 heavy (non-hydrogen) atoms. The Balaban J connectivity index is 2.02. The van der Waals surface area contributed by atoms with E-state index in [0.717, 1.165) is 25.5 Å². The zero-order chi connectivity index (χ0) is 15.5. The summed E-state index contributed by atoms with van der Waals surface area (Å²) in [4.78, 5) is 13.3. The molecule has 2 aromatic carbocycles. The first-order valence-corrected chi connectivity index (χ1v) is 8.47. The van der Waals surface area contributed by atoms with Crippen molar-refractivity contribution in [2.45, 2.75) is 0 Å². The summed E-state index contributed by atoms with van der Waals surface area (Å²) in [6.45, 7) is 0. The molecule has 0 aliphatic carbocycles. The van der Waals surface area contributed by atoms with E-state index in [1.54, 1.807) is 0 Å². The third kappa shape index (κ3) is 2.98. The minimum atomic E-state index is 0.0606. The monoisotopic (exact) mass is 371 g/mol. The number of anilines is 1. The predicted molar refractivity (Wildman–Crippen MR) is 96.9 cm³/mol. The topological polar surface area (TPSA) is 29.1 Å². The van der Waals surface area contributed by atoms with Crippen LogP contribution < -0.4 is 5.32 Å². The van der Waals surface area contributed by atoms with Crippen LogP contribution in [0.2, 0.25) is 0 Å². The fourth-order valence-electron chi connectivity index (χ4n) is 2.26. The van der Waals surface area contributed by atoms with Gasteiger partial charge in [-0.25, -0.2) is 0 Å². The molecule has 1 aromatic heterocycles. The Morgan fingerprint density at radius 3 is 2.36 bits per heavy atom. The largest absolute Gasteiger partial charge is 0.379 e. The van der Waals surface area contributed by atoms with Crippen molar-refractivity contribution >= 4 is 38.1 Å². The van der Waals surface area contributed by atoms with E-state index in [4.69, 9.17) is 0 Å². The van der Waals surface area contributed by atoms with Crippen molar-refractivity contribution in [3.63, 3.8) is 0 Å². The van der Waals surface area contributed by atoms with Crippen LogP contribution in [0.1, 0.15) is 15.2 Å². The van der Waals surface area contributed by atoms with Gasteiger partial charge in [-0.05, 0) is 23.8 Å². The molecule has 0 fully saturated rings. The number of carbonyl (C=O) groups excluding carboxylic acids is 1. The van der Waals surface area contributed by atoms with Gasteiger partial charge < -0.3 is 5.32 Å². The maximum absolute atomic E-state index is 12.6. The predicted octanol–water partition coefficient (Wildman–Crippen LogP) is 5.45. The maximum atomic E-state index is 12.6. The van der Waals surface area contributed by atoms with E-state index in [-0.39, 0.29) is 5.78 Å². The van der Waals surface area contributed by atoms with Crippen LogP contribution in [-0.4, -0.2) is 12.8 Å². The van der Waals surface area contributed by atoms with Gasteiger partial charge in [0.25, 0.3) is 0 Å². The van der Waals surface area contributed by atoms with E-state index in [1.165, 1.54) is 11.3 Å². The van der Waals surface area contributed by atoms with E-state index in [2.05, 4.69) is 21.2 Å². The molecule has 2 nitrogen and oxygen atoms in total. The quantitative estimate of drug-likeness (QED) is 0.617. The summed E-state index contributed by atoms with van der Waals surface area (Å²) < 4.78 is 1.04. The van der Waals surface area contributed by atoms with Crippen LogP contribution in [0.15, 0.2) is 65.1 Å². The van der Waals surface area contributed by atoms with Crippen molar-refractivity contribution in [2.75, 3.05) is 12.4 Å². The van der Waals surface area contributed by atoms with Gasteiger partial charge in [0.15, 0.2) is 0 Å². The van der Waals surface area contributed by atoms with Gasteiger partial charge in [0.2, 0.25) is 5.78 Å². The van der Waals surface area contributed by atoms with Crippen LogP contribution in [0.4, 0.5) is 5.00 Å². The van der Waals surface area contributed by atoms with Crippen molar-refractivity contribution in [1.29, 1.82) is 0 Å². The van der Waals surface area contributed by atoms with Gasteiger partial charge in [-0.3, -0.25) is 4.79 Å². The lowest BCUT2D eigenvalue weighted by Gasteiger charge is -2.02. The lowest BCUT2D eigenvalue weighted by atomic mass is 10.1. The molecule has 0 aliphatic rings. The molecule has 4 heteroatoms. The highest BCUT2D eigenvalue weighted by molar-refractivity contribution is 9.10. The second kappa shape index (κ2) is 6.46. The van der Waals surface area contributed by atoms with Crippen molar-refractivity contribution in [3.8, 4) is 11.1 Å². The Labute approximate surface area is 141 Å². The Kier molecular flexibility index (Phi) is 4.41. The zero-order valence-electron chi connectivity index (χ0n) is 12.0. The van der Waals surface area contributed by atoms with Crippen LogP contribution in [0.25, 0.3) is 11.1 Å². The fourth-order valence-corrected chi connectivity index (χ4v) is 3.52. The van der Waals surface area contributed by atoms with Crippen LogP contribution in [0.5, 0.6) is 0 Å². The lowest BCUT2D eigenvalue weighted by molar-refractivity contribution is 0.104. The van der Waals surface area contributed by atoms with Crippen LogP contribution >= 0.6 is 27.3 Å². The summed E-state index contributed by atoms with van der Waals surface area (Å²) in [6, 6.07) is 19.4. The molecular formula is C18H14BrNOS. The van der Waals surface area contributed by atoms with Gasteiger partial charge >= 0.3 is 0 Å². The van der Waals surface area contributed by atoms with Gasteiger partial charge in [-0.15, -0.1) is 11.3 Å². The standard InChI is InChI=1S/C18H14BrNOS/c1-20-18-15(12-7-9-14(19)10-8-12)11-16(22-18)17(21)13-5-3-2-4-6-13/h2-11,20H,1H3. The molecule has 1 heterocycles. The van der Waals surface area contributed by atoms with Crippen molar-refractivity contribution < 1.29 is 4.79 Å². The molecule has 0 aliphatic heterocycles. The molecule has 3 rings (SSSR count). The first-order chi connectivity index (χ1) is 10.7. The molecule has 3 aromatic rings. The summed E-state index contributed by atoms with van der Waals surface area (Å²) in [5.41, 5.74) is 2.86. The number of rotatable bonds is 4. The Morgan fingerprint density at radius 2 is 1.73 bits per heavy atom. The van der Waals surface area contributed by atoms with Crippen molar-refractivity contribution in [2.24, 2.45) is 0 Å². The van der Waals surface area contributed by atoms with Crippen molar-refractivity contribution in [3.05, 3.63) is 75.6 Å². The Bertz CT molecular complexity index is 794. The number of thiophene rings is 1. The first kappa shape index (κ1) is 15.0. The van der Waals surface area contributed by atoms with Gasteiger partial charge in [-0.2, -0.15) is 0 Å². The van der Waals surface area contributed by atoms with Crippen molar-refractivity contribution in [1.82, 2.24) is 0 Å². The summed E-state index contributed by atoms with van der Waals surface area (Å²) >= 11 is 4.93. The Morgan fingerprint density at radius 1 is 1.05 bits per heavy atom. The van der Waals surface area contributed by atoms with Gasteiger partial charge in [0.05, 0.1) is 9.88 Å². The maximum Gasteiger partial charge on any atom is 0.203 e. The number of halogens is 1. The molecule has 0 saturated carbocycles. The second-order valence-corrected chi connectivity index (χ2v) is 6.77. The summed E-state index contributed by atoms with van der Waals surface area (Å²) in [6.07, 6.45) is 0. The molecule has 0 amide bonds. The number of nitrogens with one attached hydrogen (secondary N) is 1. The Hall–Kier alpha value is -1.91. The highest BCUT2D eigenvalue weighted by Crippen LogP contribution is 2.37. The minimum Gasteiger partial charge on any atom is -0.379 e. The zero-order valence-corrected chi connectivity index (χ0v) is 14.4. The minimum absolute atomic E-state index is 0.0606. The number of benzene rings is 2. The average Bonchev–Trinajstić information content (AvgIpc) is 3.00. The van der Waals surface area contributed by atoms with Gasteiger partial charge in [0, 0.05) is 22.6 Å². The molecule has 110 valence electrons. The molecule has 0 atom stereocenters. The van der Waals surface area contributed by atoms with Crippen LogP contribution in [-0.2, 0) is 0 Å². The molecule has 0 radical (unpaired) electrons. The van der Waals surface area contributed by atoms with E-state index in [0.29, 0.717) is 5.56 Å². The van der Waals surface area contributed by atoms with Crippen LogP contribution in [0.3, 0.4) is 0 Å². The number of carbonyl (C=O) groups is 1. The molecule has 0 bridgehead atoms. The highest BCUT2D eigenvalue weighted by Gasteiger charge is 2.16. The first-order valence-electron chi connectivity index (χ1n) is 6.86. The third-order valence-electron chi connectivity index (χ3n) is 3.37. The summed E-state index contributed by atoms with van der Waals surface area (Å²) in [5.74, 6) is 0.0606. The number of hydrogen-bond acceptors (Lipinski definition) is 3. The molecule has 1 N–H and O–H groups in total. The van der Waals surface area contributed by atoms with E-state index < -0.39 is 0 Å². The lowest BCUT2D eigenvalue weighted by Crippen LogP contribution is -1.97. The highest BCUT2D eigenvalue weighted by atomic mass is 79.9. The smallest absolute Gasteiger partial charge is 0.203 e. The normalized spacial score (nSPS) is 10.5. The summed E-state index contributed by atoms with van der Waals surface area (Å²) in [5, 5.41) is 4.19. The van der Waals surface area contributed by atoms with Gasteiger partial charge in [0.1, 0.15) is 0 Å². The van der Waals surface area contributed by atoms with E-state index in [1.807, 2.05) is 67.7 Å². The average molecular weight is 372 g/mol. The molecule has 0 unspecified atom stereocenters. The summed E-state index contributed by atoms with van der Waals surface area (Å²) in [7, 11) is 1.88. The molecule has 0 saturated heterocycles. The van der Waals surface area contributed by atoms with Crippen LogP contribution in [0, 0.1) is 0 Å². The van der Waals surface area contributed by atoms with E-state index in [9.17, 15) is 4.79 Å². The molecule has 0 spiro atoms. The second-order valence-electron chi connectivity index (χ2n) is 4.81. The SMILES string of the molecule is CNc1sc(C(=O)c2ccccc2)cc1-c1ccc(Br)cc1. The molecular weight excluding hydrogens is 358 g/mol. The number of ketones is 1. The number of hydrogen-bond donors (Lipinski definition) is 1. The van der Waals surface area contributed by atoms with E-state index >= 15 is 0 Å². The fraction of sp³-hybridized carbons (Fsp3) is 0.0556.